The highest BCUT2D eigenvalue weighted by Gasteiger charge is 2.52. The van der Waals surface area contributed by atoms with E-state index in [4.69, 9.17) is 4.74 Å². The zero-order chi connectivity index (χ0) is 29.1. The molecule has 2 saturated carbocycles. The first kappa shape index (κ1) is 28.6. The highest BCUT2D eigenvalue weighted by Crippen LogP contribution is 2.54. The van der Waals surface area contributed by atoms with Gasteiger partial charge in [-0.25, -0.2) is 9.97 Å². The van der Waals surface area contributed by atoms with Crippen LogP contribution in [0.15, 0.2) is 73.2 Å². The summed E-state index contributed by atoms with van der Waals surface area (Å²) in [6.07, 6.45) is 7.39. The molecule has 6 atom stereocenters. The summed E-state index contributed by atoms with van der Waals surface area (Å²) in [5.41, 5.74) is 3.32. The summed E-state index contributed by atoms with van der Waals surface area (Å²) in [6, 6.07) is 20.5. The zero-order valence-electron chi connectivity index (χ0n) is 24.6. The lowest BCUT2D eigenvalue weighted by atomic mass is 9.96. The van der Waals surface area contributed by atoms with Crippen molar-refractivity contribution >= 4 is 16.9 Å². The molecule has 0 aliphatic heterocycles. The molecule has 2 heterocycles. The normalized spacial score (nSPS) is 25.1. The van der Waals surface area contributed by atoms with Crippen LogP contribution in [0, 0.1) is 17.8 Å². The number of ether oxygens (including phenoxy) is 1. The molecule has 4 aromatic rings. The van der Waals surface area contributed by atoms with Gasteiger partial charge in [0.05, 0.1) is 24.6 Å². The molecule has 0 amide bonds. The van der Waals surface area contributed by atoms with E-state index in [1.54, 1.807) is 13.4 Å². The van der Waals surface area contributed by atoms with Crippen LogP contribution in [-0.2, 0) is 13.0 Å². The van der Waals surface area contributed by atoms with Gasteiger partial charge in [-0.05, 0) is 92.3 Å². The number of aliphatic hydroxyl groups is 2. The van der Waals surface area contributed by atoms with E-state index in [0.717, 1.165) is 66.9 Å². The minimum absolute atomic E-state index is 0.123. The molecule has 6 rings (SSSR count). The van der Waals surface area contributed by atoms with Crippen molar-refractivity contribution in [1.29, 1.82) is 0 Å². The SMILES string of the molecule is COc1ccc(CN(C)c2ncnc3c2ccn3[C@@H]2C[C@H](C3C[C@@H]3CCCNCCc3ccccc3)[C@@H](O)[C@H]2O)cc1. The molecular formula is C34H43N5O3. The molecule has 8 nitrogen and oxygen atoms in total. The highest BCUT2D eigenvalue weighted by atomic mass is 16.5. The van der Waals surface area contributed by atoms with Gasteiger partial charge >= 0.3 is 0 Å². The number of hydrogen-bond donors (Lipinski definition) is 3. The van der Waals surface area contributed by atoms with Gasteiger partial charge in [0, 0.05) is 19.8 Å². The Kier molecular flexibility index (Phi) is 8.74. The second kappa shape index (κ2) is 12.8. The van der Waals surface area contributed by atoms with Crippen molar-refractivity contribution in [2.75, 3.05) is 32.1 Å². The maximum absolute atomic E-state index is 11.2. The number of hydrogen-bond acceptors (Lipinski definition) is 7. The first-order valence-corrected chi connectivity index (χ1v) is 15.3. The number of rotatable bonds is 13. The van der Waals surface area contributed by atoms with Crippen LogP contribution < -0.4 is 15.0 Å². The van der Waals surface area contributed by atoms with Crippen LogP contribution in [0.3, 0.4) is 0 Å². The molecule has 1 unspecified atom stereocenters. The summed E-state index contributed by atoms with van der Waals surface area (Å²) >= 11 is 0. The van der Waals surface area contributed by atoms with Gasteiger partial charge in [0.15, 0.2) is 0 Å². The molecule has 0 bridgehead atoms. The van der Waals surface area contributed by atoms with Gasteiger partial charge in [-0.15, -0.1) is 0 Å². The van der Waals surface area contributed by atoms with E-state index in [2.05, 4.69) is 67.2 Å². The lowest BCUT2D eigenvalue weighted by Crippen LogP contribution is -2.30. The minimum Gasteiger partial charge on any atom is -0.497 e. The Balaban J connectivity index is 1.04. The molecule has 2 aromatic carbocycles. The Morgan fingerprint density at radius 3 is 2.52 bits per heavy atom. The van der Waals surface area contributed by atoms with Crippen molar-refractivity contribution in [3.05, 3.63) is 84.3 Å². The van der Waals surface area contributed by atoms with Crippen LogP contribution in [-0.4, -0.2) is 64.2 Å². The minimum atomic E-state index is -0.804. The van der Waals surface area contributed by atoms with Crippen molar-refractivity contribution in [2.45, 2.75) is 56.9 Å². The number of methoxy groups -OCH3 is 1. The number of nitrogens with one attached hydrogen (secondary N) is 1. The predicted octanol–water partition coefficient (Wildman–Crippen LogP) is 4.61. The Hall–Kier alpha value is -3.46. The van der Waals surface area contributed by atoms with Gasteiger partial charge in [-0.1, -0.05) is 42.5 Å². The second-order valence-corrected chi connectivity index (χ2v) is 12.1. The molecule has 2 fully saturated rings. The molecule has 2 aromatic heterocycles. The van der Waals surface area contributed by atoms with Gasteiger partial charge in [0.25, 0.3) is 0 Å². The number of aliphatic hydroxyl groups excluding tert-OH is 2. The molecule has 222 valence electrons. The molecule has 8 heteroatoms. The van der Waals surface area contributed by atoms with Gasteiger partial charge in [-0.3, -0.25) is 0 Å². The van der Waals surface area contributed by atoms with Gasteiger partial charge in [0.2, 0.25) is 0 Å². The van der Waals surface area contributed by atoms with Crippen molar-refractivity contribution in [3.63, 3.8) is 0 Å². The van der Waals surface area contributed by atoms with Crippen molar-refractivity contribution < 1.29 is 14.9 Å². The highest BCUT2D eigenvalue weighted by molar-refractivity contribution is 5.87. The van der Waals surface area contributed by atoms with Crippen LogP contribution in [0.5, 0.6) is 5.75 Å². The fourth-order valence-corrected chi connectivity index (χ4v) is 6.97. The fourth-order valence-electron chi connectivity index (χ4n) is 6.97. The summed E-state index contributed by atoms with van der Waals surface area (Å²) < 4.78 is 7.34. The van der Waals surface area contributed by atoms with E-state index in [9.17, 15) is 10.2 Å². The van der Waals surface area contributed by atoms with Gasteiger partial charge in [0.1, 0.15) is 29.6 Å². The topological polar surface area (TPSA) is 95.7 Å². The summed E-state index contributed by atoms with van der Waals surface area (Å²) in [6.45, 7) is 2.72. The van der Waals surface area contributed by atoms with Crippen molar-refractivity contribution in [2.24, 2.45) is 17.8 Å². The second-order valence-electron chi connectivity index (χ2n) is 12.1. The van der Waals surface area contributed by atoms with E-state index in [1.807, 2.05) is 31.4 Å². The average Bonchev–Trinajstić information content (AvgIpc) is 3.56. The van der Waals surface area contributed by atoms with Crippen LogP contribution in [0.2, 0.25) is 0 Å². The van der Waals surface area contributed by atoms with Crippen molar-refractivity contribution in [3.8, 4) is 5.75 Å². The summed E-state index contributed by atoms with van der Waals surface area (Å²) in [4.78, 5) is 11.3. The Bertz CT molecular complexity index is 1440. The van der Waals surface area contributed by atoms with Gasteiger partial charge < -0.3 is 29.7 Å². The molecule has 3 N–H and O–H groups in total. The Morgan fingerprint density at radius 1 is 0.929 bits per heavy atom. The lowest BCUT2D eigenvalue weighted by Gasteiger charge is -2.21. The quantitative estimate of drug-likeness (QED) is 0.203. The third-order valence-corrected chi connectivity index (χ3v) is 9.37. The average molecular weight is 570 g/mol. The van der Waals surface area contributed by atoms with Crippen LogP contribution in [0.25, 0.3) is 11.0 Å². The molecule has 0 spiro atoms. The largest absolute Gasteiger partial charge is 0.497 e. The Labute approximate surface area is 248 Å². The lowest BCUT2D eigenvalue weighted by molar-refractivity contribution is 0.00193. The van der Waals surface area contributed by atoms with Crippen LogP contribution in [0.1, 0.15) is 42.9 Å². The smallest absolute Gasteiger partial charge is 0.145 e. The molecular weight excluding hydrogens is 526 g/mol. The first-order valence-electron chi connectivity index (χ1n) is 15.3. The maximum Gasteiger partial charge on any atom is 0.145 e. The summed E-state index contributed by atoms with van der Waals surface area (Å²) in [5, 5.41) is 26.8. The van der Waals surface area contributed by atoms with Gasteiger partial charge in [-0.2, -0.15) is 0 Å². The number of fused-ring (bicyclic) bond motifs is 1. The predicted molar refractivity (Wildman–Crippen MR) is 166 cm³/mol. The van der Waals surface area contributed by atoms with E-state index in [-0.39, 0.29) is 12.0 Å². The molecule has 2 aliphatic carbocycles. The summed E-state index contributed by atoms with van der Waals surface area (Å²) in [5.74, 6) is 2.94. The standard InChI is InChI=1S/C34H43N5O3/c1-38(21-24-10-12-26(42-2)13-11-24)33-27-15-18-39(34(27)37-22-36-33)30-20-29(31(40)32(30)41)28-19-25(28)9-6-16-35-17-14-23-7-4-3-5-8-23/h3-5,7-8,10-13,15,18,22,25,28-32,35,40-41H,6,9,14,16-17,19-21H2,1-2H3/t25-,28?,29+,30+,31+,32-/m0/s1. The van der Waals surface area contributed by atoms with E-state index in [1.165, 1.54) is 12.0 Å². The maximum atomic E-state index is 11.2. The third-order valence-electron chi connectivity index (χ3n) is 9.37. The Morgan fingerprint density at radius 2 is 1.74 bits per heavy atom. The summed E-state index contributed by atoms with van der Waals surface area (Å²) in [7, 11) is 3.70. The molecule has 0 saturated heterocycles. The number of anilines is 1. The number of benzene rings is 2. The number of nitrogens with zero attached hydrogens (tertiary/aromatic N) is 4. The van der Waals surface area contributed by atoms with Crippen LogP contribution >= 0.6 is 0 Å². The molecule has 0 radical (unpaired) electrons. The van der Waals surface area contributed by atoms with Crippen LogP contribution in [0.4, 0.5) is 5.82 Å². The third kappa shape index (κ3) is 6.16. The van der Waals surface area contributed by atoms with Crippen molar-refractivity contribution in [1.82, 2.24) is 19.9 Å². The zero-order valence-corrected chi connectivity index (χ0v) is 24.6. The molecule has 2 aliphatic rings. The van der Waals surface area contributed by atoms with E-state index < -0.39 is 12.2 Å². The number of aromatic nitrogens is 3. The van der Waals surface area contributed by atoms with E-state index in [0.29, 0.717) is 18.4 Å². The molecule has 42 heavy (non-hydrogen) atoms. The monoisotopic (exact) mass is 569 g/mol. The first-order chi connectivity index (χ1) is 20.5. The fraction of sp³-hybridized carbons (Fsp3) is 0.471. The van der Waals surface area contributed by atoms with E-state index >= 15 is 0 Å².